The Hall–Kier alpha value is -2.60. The SMILES string of the molecule is Oc1ccccc1C1[N-]c2ccccc2S1.Oc1ccccc1C1[N-]c2ccccc2S1.[Zn+2]. The number of hydrogen-bond donors (Lipinski definition) is 2. The fourth-order valence-corrected chi connectivity index (χ4v) is 5.80. The molecule has 0 aromatic heterocycles. The number of phenols is 2. The maximum absolute atomic E-state index is 9.78. The molecule has 4 aromatic carbocycles. The Labute approximate surface area is 214 Å². The van der Waals surface area contributed by atoms with Gasteiger partial charge in [0, 0.05) is 0 Å². The Balaban J connectivity index is 0.000000152. The van der Waals surface area contributed by atoms with Crippen molar-refractivity contribution >= 4 is 34.9 Å². The molecule has 2 unspecified atom stereocenters. The fraction of sp³-hybridized carbons (Fsp3) is 0.0769. The predicted molar refractivity (Wildman–Crippen MR) is 132 cm³/mol. The second-order valence-electron chi connectivity index (χ2n) is 7.25. The molecule has 0 radical (unpaired) electrons. The largest absolute Gasteiger partial charge is 2.00 e. The minimum Gasteiger partial charge on any atom is -0.668 e. The van der Waals surface area contributed by atoms with E-state index in [1.165, 1.54) is 9.79 Å². The Morgan fingerprint density at radius 3 is 1.27 bits per heavy atom. The smallest absolute Gasteiger partial charge is 0.668 e. The summed E-state index contributed by atoms with van der Waals surface area (Å²) < 4.78 is 0. The number of para-hydroxylation sites is 4. The van der Waals surface area contributed by atoms with Crippen molar-refractivity contribution in [1.82, 2.24) is 0 Å². The van der Waals surface area contributed by atoms with Gasteiger partial charge in [-0.2, -0.15) is 0 Å². The van der Waals surface area contributed by atoms with Crippen LogP contribution < -0.4 is 0 Å². The number of nitrogens with zero attached hydrogens (tertiary/aromatic N) is 2. The average Bonchev–Trinajstić information content (AvgIpc) is 3.44. The Bertz CT molecular complexity index is 1110. The standard InChI is InChI=1S/2C13H10NOS.Zn/c2*15-11-7-3-1-5-9(11)13-14-10-6-2-4-8-12(10)16-13;/h2*1-8,13,15H;/q2*-1;+2. The van der Waals surface area contributed by atoms with Crippen LogP contribution in [0.4, 0.5) is 11.4 Å². The van der Waals surface area contributed by atoms with Crippen molar-refractivity contribution in [1.29, 1.82) is 0 Å². The van der Waals surface area contributed by atoms with Crippen LogP contribution in [0.3, 0.4) is 0 Å². The van der Waals surface area contributed by atoms with Gasteiger partial charge >= 0.3 is 19.5 Å². The molecule has 7 heteroatoms. The van der Waals surface area contributed by atoms with Crippen LogP contribution in [0, 0.1) is 0 Å². The normalized spacial score (nSPS) is 17.3. The molecule has 2 aliphatic rings. The minimum absolute atomic E-state index is 0. The van der Waals surface area contributed by atoms with E-state index < -0.39 is 0 Å². The molecule has 0 spiro atoms. The van der Waals surface area contributed by atoms with E-state index in [1.807, 2.05) is 72.8 Å². The molecule has 0 saturated carbocycles. The van der Waals surface area contributed by atoms with Gasteiger partial charge in [0.15, 0.2) is 0 Å². The van der Waals surface area contributed by atoms with Gasteiger partial charge in [-0.15, -0.1) is 34.9 Å². The number of benzene rings is 4. The molecule has 160 valence electrons. The number of thioether (sulfide) groups is 2. The number of aromatic hydroxyl groups is 2. The minimum atomic E-state index is -0.0152. The first-order valence-electron chi connectivity index (χ1n) is 10.2. The Morgan fingerprint density at radius 2 is 0.879 bits per heavy atom. The molecule has 2 aliphatic heterocycles. The molecule has 0 fully saturated rings. The van der Waals surface area contributed by atoms with Gasteiger partial charge in [-0.25, -0.2) is 0 Å². The Morgan fingerprint density at radius 1 is 0.515 bits per heavy atom. The summed E-state index contributed by atoms with van der Waals surface area (Å²) in [6.45, 7) is 0. The molecule has 0 amide bonds. The number of fused-ring (bicyclic) bond motifs is 2. The molecule has 2 N–H and O–H groups in total. The summed E-state index contributed by atoms with van der Waals surface area (Å²) in [5.74, 6) is 0.633. The van der Waals surface area contributed by atoms with Crippen LogP contribution in [-0.4, -0.2) is 10.2 Å². The Kier molecular flexibility index (Phi) is 7.54. The molecule has 0 bridgehead atoms. The zero-order chi connectivity index (χ0) is 21.9. The van der Waals surface area contributed by atoms with E-state index in [2.05, 4.69) is 22.8 Å². The second-order valence-corrected chi connectivity index (χ2v) is 9.50. The molecule has 4 aromatic rings. The summed E-state index contributed by atoms with van der Waals surface area (Å²) in [5.41, 5.74) is 3.79. The molecular weight excluding hydrogens is 502 g/mol. The van der Waals surface area contributed by atoms with Crippen LogP contribution in [0.5, 0.6) is 11.5 Å². The van der Waals surface area contributed by atoms with Gasteiger partial charge in [0.05, 0.1) is 0 Å². The van der Waals surface area contributed by atoms with Crippen molar-refractivity contribution in [3.05, 3.63) is 119 Å². The van der Waals surface area contributed by atoms with Gasteiger partial charge in [-0.1, -0.05) is 72.8 Å². The molecule has 33 heavy (non-hydrogen) atoms. The van der Waals surface area contributed by atoms with E-state index in [0.717, 1.165) is 22.5 Å². The van der Waals surface area contributed by atoms with Crippen LogP contribution in [0.2, 0.25) is 0 Å². The predicted octanol–water partition coefficient (Wildman–Crippen LogP) is 8.40. The first-order valence-corrected chi connectivity index (χ1v) is 11.9. The van der Waals surface area contributed by atoms with Crippen molar-refractivity contribution < 1.29 is 29.7 Å². The third-order valence-electron chi connectivity index (χ3n) is 5.13. The van der Waals surface area contributed by atoms with Crippen molar-refractivity contribution in [3.8, 4) is 11.5 Å². The van der Waals surface area contributed by atoms with Crippen LogP contribution in [0.1, 0.15) is 21.9 Å². The third kappa shape index (κ3) is 5.16. The van der Waals surface area contributed by atoms with E-state index in [4.69, 9.17) is 0 Å². The second kappa shape index (κ2) is 10.6. The van der Waals surface area contributed by atoms with Gasteiger partial charge in [-0.3, -0.25) is 0 Å². The summed E-state index contributed by atoms with van der Waals surface area (Å²) in [4.78, 5) is 2.35. The van der Waals surface area contributed by atoms with Gasteiger partial charge < -0.3 is 20.8 Å². The van der Waals surface area contributed by atoms with E-state index in [9.17, 15) is 10.2 Å². The van der Waals surface area contributed by atoms with Crippen LogP contribution >= 0.6 is 23.5 Å². The first-order chi connectivity index (χ1) is 15.7. The van der Waals surface area contributed by atoms with Gasteiger partial charge in [0.1, 0.15) is 11.5 Å². The number of rotatable bonds is 2. The van der Waals surface area contributed by atoms with Crippen molar-refractivity contribution in [2.75, 3.05) is 0 Å². The summed E-state index contributed by atoms with van der Waals surface area (Å²) in [5, 5.41) is 28.7. The van der Waals surface area contributed by atoms with Crippen molar-refractivity contribution in [2.45, 2.75) is 20.5 Å². The molecule has 6 rings (SSSR count). The topological polar surface area (TPSA) is 68.7 Å². The first kappa shape index (κ1) is 23.6. The molecular formula is C26H20N2O2S2Zn. The zero-order valence-electron chi connectivity index (χ0n) is 17.7. The zero-order valence-corrected chi connectivity index (χ0v) is 22.3. The monoisotopic (exact) mass is 520 g/mol. The number of hydrogen-bond acceptors (Lipinski definition) is 4. The summed E-state index contributed by atoms with van der Waals surface area (Å²) >= 11 is 3.35. The molecule has 4 nitrogen and oxygen atoms in total. The van der Waals surface area contributed by atoms with Gasteiger partial charge in [0.25, 0.3) is 0 Å². The summed E-state index contributed by atoms with van der Waals surface area (Å²) in [6.07, 6.45) is 0. The van der Waals surface area contributed by atoms with E-state index in [1.54, 1.807) is 35.7 Å². The average molecular weight is 522 g/mol. The third-order valence-corrected chi connectivity index (χ3v) is 7.49. The van der Waals surface area contributed by atoms with Gasteiger partial charge in [0.2, 0.25) is 0 Å². The maximum Gasteiger partial charge on any atom is 2.00 e. The van der Waals surface area contributed by atoms with Gasteiger partial charge in [-0.05, 0) is 55.9 Å². The van der Waals surface area contributed by atoms with Crippen LogP contribution in [-0.2, 0) is 19.5 Å². The van der Waals surface area contributed by atoms with Crippen LogP contribution in [0.15, 0.2) is 107 Å². The van der Waals surface area contributed by atoms with Crippen LogP contribution in [0.25, 0.3) is 10.6 Å². The summed E-state index contributed by atoms with van der Waals surface area (Å²) in [6, 6.07) is 30.8. The van der Waals surface area contributed by atoms with E-state index >= 15 is 0 Å². The van der Waals surface area contributed by atoms with E-state index in [0.29, 0.717) is 11.5 Å². The molecule has 2 heterocycles. The fourth-order valence-electron chi connectivity index (χ4n) is 3.53. The maximum atomic E-state index is 9.78. The molecule has 2 atom stereocenters. The van der Waals surface area contributed by atoms with Crippen molar-refractivity contribution in [3.63, 3.8) is 0 Å². The molecule has 0 aliphatic carbocycles. The molecule has 0 saturated heterocycles. The van der Waals surface area contributed by atoms with Crippen molar-refractivity contribution in [2.24, 2.45) is 0 Å². The summed E-state index contributed by atoms with van der Waals surface area (Å²) in [7, 11) is 0. The quantitative estimate of drug-likeness (QED) is 0.260. The van der Waals surface area contributed by atoms with E-state index in [-0.39, 0.29) is 30.2 Å². The number of phenolic OH excluding ortho intramolecular Hbond substituents is 2.